The van der Waals surface area contributed by atoms with Gasteiger partial charge in [-0.2, -0.15) is 0 Å². The second-order valence-electron chi connectivity index (χ2n) is 3.97. The summed E-state index contributed by atoms with van der Waals surface area (Å²) >= 11 is 0. The standard InChI is InChI=1S/C12H15NO4/c1-16-6-10-7-17-11-4-8(12(14)15)2-3-9(11)5-13-10/h2-4,10,13H,5-7H2,1H3,(H,14,15)/t10-/m1/s1. The summed E-state index contributed by atoms with van der Waals surface area (Å²) in [6, 6.07) is 5.05. The first kappa shape index (κ1) is 11.9. The molecule has 0 aromatic heterocycles. The van der Waals surface area contributed by atoms with Crippen molar-refractivity contribution in [3.8, 4) is 5.75 Å². The van der Waals surface area contributed by atoms with E-state index >= 15 is 0 Å². The van der Waals surface area contributed by atoms with Gasteiger partial charge in [0.25, 0.3) is 0 Å². The van der Waals surface area contributed by atoms with Crippen LogP contribution in [0.2, 0.25) is 0 Å². The van der Waals surface area contributed by atoms with Gasteiger partial charge in [0, 0.05) is 19.2 Å². The van der Waals surface area contributed by atoms with E-state index in [1.165, 1.54) is 0 Å². The number of carboxylic acids is 1. The van der Waals surface area contributed by atoms with Crippen molar-refractivity contribution in [1.29, 1.82) is 0 Å². The molecule has 1 aromatic carbocycles. The first-order valence-electron chi connectivity index (χ1n) is 5.42. The van der Waals surface area contributed by atoms with Gasteiger partial charge in [0.1, 0.15) is 12.4 Å². The van der Waals surface area contributed by atoms with Crippen LogP contribution in [-0.4, -0.2) is 37.4 Å². The van der Waals surface area contributed by atoms with Gasteiger partial charge in [0.15, 0.2) is 0 Å². The van der Waals surface area contributed by atoms with Crippen molar-refractivity contribution in [2.24, 2.45) is 0 Å². The molecule has 1 heterocycles. The second kappa shape index (κ2) is 5.16. The Kier molecular flexibility index (Phi) is 3.61. The first-order valence-corrected chi connectivity index (χ1v) is 5.42. The topological polar surface area (TPSA) is 67.8 Å². The van der Waals surface area contributed by atoms with E-state index in [1.54, 1.807) is 25.3 Å². The number of rotatable bonds is 3. The predicted octanol–water partition coefficient (Wildman–Crippen LogP) is 0.882. The van der Waals surface area contributed by atoms with Gasteiger partial charge in [-0.25, -0.2) is 4.79 Å². The molecule has 5 nitrogen and oxygen atoms in total. The SMILES string of the molecule is COC[C@@H]1COc2cc(C(=O)O)ccc2CN1. The van der Waals surface area contributed by atoms with Gasteiger partial charge >= 0.3 is 5.97 Å². The van der Waals surface area contributed by atoms with Crippen molar-refractivity contribution in [3.05, 3.63) is 29.3 Å². The van der Waals surface area contributed by atoms with E-state index in [4.69, 9.17) is 14.6 Å². The minimum Gasteiger partial charge on any atom is -0.492 e. The Labute approximate surface area is 99.3 Å². The predicted molar refractivity (Wildman–Crippen MR) is 61.4 cm³/mol. The number of hydrogen-bond acceptors (Lipinski definition) is 4. The zero-order chi connectivity index (χ0) is 12.3. The number of hydrogen-bond donors (Lipinski definition) is 2. The molecule has 1 aliphatic rings. The lowest BCUT2D eigenvalue weighted by atomic mass is 10.1. The minimum atomic E-state index is -0.943. The van der Waals surface area contributed by atoms with Crippen LogP contribution < -0.4 is 10.1 Å². The van der Waals surface area contributed by atoms with E-state index < -0.39 is 5.97 Å². The smallest absolute Gasteiger partial charge is 0.335 e. The third kappa shape index (κ3) is 2.75. The van der Waals surface area contributed by atoms with Gasteiger partial charge in [-0.05, 0) is 12.1 Å². The van der Waals surface area contributed by atoms with E-state index in [0.29, 0.717) is 25.5 Å². The van der Waals surface area contributed by atoms with Crippen molar-refractivity contribution in [3.63, 3.8) is 0 Å². The Hall–Kier alpha value is -1.59. The van der Waals surface area contributed by atoms with Crippen LogP contribution in [0.15, 0.2) is 18.2 Å². The highest BCUT2D eigenvalue weighted by Crippen LogP contribution is 2.23. The lowest BCUT2D eigenvalue weighted by molar-refractivity contribution is 0.0696. The molecule has 0 saturated heterocycles. The molecule has 0 amide bonds. The molecular formula is C12H15NO4. The van der Waals surface area contributed by atoms with Gasteiger partial charge in [0.05, 0.1) is 18.2 Å². The maximum absolute atomic E-state index is 10.8. The number of methoxy groups -OCH3 is 1. The summed E-state index contributed by atoms with van der Waals surface area (Å²) in [6.07, 6.45) is 0. The fraction of sp³-hybridized carbons (Fsp3) is 0.417. The monoisotopic (exact) mass is 237 g/mol. The summed E-state index contributed by atoms with van der Waals surface area (Å²) in [4.78, 5) is 10.8. The summed E-state index contributed by atoms with van der Waals surface area (Å²) in [5.74, 6) is -0.307. The molecule has 0 fully saturated rings. The van der Waals surface area contributed by atoms with Crippen LogP contribution in [-0.2, 0) is 11.3 Å². The quantitative estimate of drug-likeness (QED) is 0.817. The van der Waals surface area contributed by atoms with Gasteiger partial charge < -0.3 is 19.9 Å². The molecule has 17 heavy (non-hydrogen) atoms. The first-order chi connectivity index (χ1) is 8.20. The Balaban J connectivity index is 2.16. The van der Waals surface area contributed by atoms with E-state index in [0.717, 1.165) is 5.56 Å². The number of aromatic carboxylic acids is 1. The van der Waals surface area contributed by atoms with E-state index in [9.17, 15) is 4.79 Å². The molecular weight excluding hydrogens is 222 g/mol. The molecule has 0 radical (unpaired) electrons. The van der Waals surface area contributed by atoms with Crippen molar-refractivity contribution in [2.45, 2.75) is 12.6 Å². The maximum Gasteiger partial charge on any atom is 0.335 e. The number of nitrogens with one attached hydrogen (secondary N) is 1. The summed E-state index contributed by atoms with van der Waals surface area (Å²) in [5.41, 5.74) is 1.21. The normalized spacial score (nSPS) is 19.0. The molecule has 0 saturated carbocycles. The summed E-state index contributed by atoms with van der Waals surface area (Å²) in [6.45, 7) is 1.70. The molecule has 0 spiro atoms. The van der Waals surface area contributed by atoms with Gasteiger partial charge in [-0.3, -0.25) is 0 Å². The van der Waals surface area contributed by atoms with Crippen LogP contribution >= 0.6 is 0 Å². The molecule has 1 aliphatic heterocycles. The van der Waals surface area contributed by atoms with Crippen LogP contribution in [0.4, 0.5) is 0 Å². The maximum atomic E-state index is 10.8. The summed E-state index contributed by atoms with van der Waals surface area (Å²) in [5, 5.41) is 12.2. The second-order valence-corrected chi connectivity index (χ2v) is 3.97. The van der Waals surface area contributed by atoms with Crippen LogP contribution in [0.1, 0.15) is 15.9 Å². The van der Waals surface area contributed by atoms with E-state index in [-0.39, 0.29) is 11.6 Å². The zero-order valence-corrected chi connectivity index (χ0v) is 9.60. The van der Waals surface area contributed by atoms with Crippen molar-refractivity contribution >= 4 is 5.97 Å². The lowest BCUT2D eigenvalue weighted by Gasteiger charge is -2.13. The summed E-state index contributed by atoms with van der Waals surface area (Å²) in [7, 11) is 1.64. The highest BCUT2D eigenvalue weighted by atomic mass is 16.5. The Morgan fingerprint density at radius 1 is 1.65 bits per heavy atom. The zero-order valence-electron chi connectivity index (χ0n) is 9.60. The molecule has 92 valence electrons. The molecule has 0 unspecified atom stereocenters. The highest BCUT2D eigenvalue weighted by Gasteiger charge is 2.17. The number of carbonyl (C=O) groups is 1. The van der Waals surface area contributed by atoms with Crippen molar-refractivity contribution in [2.75, 3.05) is 20.3 Å². The number of benzene rings is 1. The Morgan fingerprint density at radius 3 is 3.18 bits per heavy atom. The number of carboxylic acid groups (broad SMARTS) is 1. The molecule has 2 rings (SSSR count). The van der Waals surface area contributed by atoms with Crippen LogP contribution in [0.5, 0.6) is 5.75 Å². The van der Waals surface area contributed by atoms with Gasteiger partial charge in [0.2, 0.25) is 0 Å². The molecule has 1 aromatic rings. The lowest BCUT2D eigenvalue weighted by Crippen LogP contribution is -2.35. The van der Waals surface area contributed by atoms with Gasteiger partial charge in [-0.1, -0.05) is 6.07 Å². The average molecular weight is 237 g/mol. The van der Waals surface area contributed by atoms with E-state index in [2.05, 4.69) is 5.32 Å². The summed E-state index contributed by atoms with van der Waals surface area (Å²) < 4.78 is 10.7. The molecule has 5 heteroatoms. The number of ether oxygens (including phenoxy) is 2. The Morgan fingerprint density at radius 2 is 2.47 bits per heavy atom. The van der Waals surface area contributed by atoms with Crippen molar-refractivity contribution < 1.29 is 19.4 Å². The largest absolute Gasteiger partial charge is 0.492 e. The molecule has 2 N–H and O–H groups in total. The van der Waals surface area contributed by atoms with Crippen LogP contribution in [0, 0.1) is 0 Å². The third-order valence-corrected chi connectivity index (χ3v) is 2.70. The van der Waals surface area contributed by atoms with E-state index in [1.807, 2.05) is 0 Å². The van der Waals surface area contributed by atoms with Gasteiger partial charge in [-0.15, -0.1) is 0 Å². The third-order valence-electron chi connectivity index (χ3n) is 2.70. The molecule has 1 atom stereocenters. The average Bonchev–Trinajstić information content (AvgIpc) is 2.52. The molecule has 0 bridgehead atoms. The molecule has 0 aliphatic carbocycles. The minimum absolute atomic E-state index is 0.126. The van der Waals surface area contributed by atoms with Crippen LogP contribution in [0.3, 0.4) is 0 Å². The highest BCUT2D eigenvalue weighted by molar-refractivity contribution is 5.88. The fourth-order valence-corrected chi connectivity index (χ4v) is 1.78. The van der Waals surface area contributed by atoms with Crippen molar-refractivity contribution in [1.82, 2.24) is 5.32 Å². The van der Waals surface area contributed by atoms with Crippen LogP contribution in [0.25, 0.3) is 0 Å². The Bertz CT molecular complexity index is 419. The fourth-order valence-electron chi connectivity index (χ4n) is 1.78. The number of fused-ring (bicyclic) bond motifs is 1.